The zero-order chi connectivity index (χ0) is 18.7. The third-order valence-electron chi connectivity index (χ3n) is 3.44. The molecule has 7 heteroatoms. The summed E-state index contributed by atoms with van der Waals surface area (Å²) in [7, 11) is 0. The number of thioether (sulfide) groups is 1. The first-order valence-corrected chi connectivity index (χ1v) is 9.98. The molecule has 1 rings (SSSR count). The molecule has 1 heterocycles. The van der Waals surface area contributed by atoms with Gasteiger partial charge in [0.05, 0.1) is 5.75 Å². The van der Waals surface area contributed by atoms with Crippen LogP contribution in [0.3, 0.4) is 0 Å². The first kappa shape index (κ1) is 21.4. The topological polar surface area (TPSA) is 70.5 Å². The fourth-order valence-electron chi connectivity index (χ4n) is 2.13. The van der Waals surface area contributed by atoms with Crippen molar-refractivity contribution >= 4 is 29.2 Å². The van der Waals surface area contributed by atoms with Gasteiger partial charge in [-0.25, -0.2) is 15.4 Å². The van der Waals surface area contributed by atoms with Crippen molar-refractivity contribution in [2.45, 2.75) is 65.5 Å². The number of carbonyl (C=O) groups excluding carboxylic acids is 1. The molecule has 140 valence electrons. The van der Waals surface area contributed by atoms with E-state index in [2.05, 4.69) is 39.2 Å². The summed E-state index contributed by atoms with van der Waals surface area (Å²) in [6, 6.07) is 2.03. The van der Waals surface area contributed by atoms with Crippen molar-refractivity contribution in [3.05, 3.63) is 11.8 Å². The molecule has 0 aliphatic heterocycles. The maximum Gasteiger partial charge on any atom is 0.250 e. The number of hydrogen-bond acceptors (Lipinski definition) is 6. The number of rotatable bonds is 11. The molecule has 0 saturated carbocycles. The number of nitrogens with zero attached hydrogens (tertiary/aromatic N) is 4. The quantitative estimate of drug-likeness (QED) is 0.279. The van der Waals surface area contributed by atoms with Crippen LogP contribution in [-0.2, 0) is 4.79 Å². The molecule has 25 heavy (non-hydrogen) atoms. The normalized spacial score (nSPS) is 10.4. The maximum atomic E-state index is 11.8. The Bertz CT molecular complexity index is 565. The van der Waals surface area contributed by atoms with E-state index in [1.165, 1.54) is 11.8 Å². The summed E-state index contributed by atoms with van der Waals surface area (Å²) >= 11 is 1.34. The van der Waals surface area contributed by atoms with Crippen LogP contribution >= 0.6 is 11.8 Å². The highest BCUT2D eigenvalue weighted by Crippen LogP contribution is 2.20. The molecule has 0 fully saturated rings. The Kier molecular flexibility index (Phi) is 10.1. The van der Waals surface area contributed by atoms with E-state index in [9.17, 15) is 4.79 Å². The van der Waals surface area contributed by atoms with Crippen LogP contribution in [0.5, 0.6) is 0 Å². The summed E-state index contributed by atoms with van der Waals surface area (Å²) in [5.74, 6) is 1.07. The third-order valence-corrected chi connectivity index (χ3v) is 4.29. The van der Waals surface area contributed by atoms with Gasteiger partial charge in [-0.15, -0.1) is 0 Å². The van der Waals surface area contributed by atoms with Gasteiger partial charge in [0.1, 0.15) is 5.82 Å². The molecule has 6 nitrogen and oxygen atoms in total. The van der Waals surface area contributed by atoms with Crippen molar-refractivity contribution in [1.29, 1.82) is 0 Å². The molecule has 1 amide bonds. The number of carbonyl (C=O) groups is 1. The lowest BCUT2D eigenvalue weighted by atomic mass is 10.2. The first-order chi connectivity index (χ1) is 12.0. The van der Waals surface area contributed by atoms with Crippen molar-refractivity contribution in [1.82, 2.24) is 15.4 Å². The Morgan fingerprint density at radius 1 is 1.20 bits per heavy atom. The standard InChI is InChI=1S/C18H31N5OS/c1-6-8-10-23(11-9-7-2)16-12-15(5)19-18(20-16)25-13-17(24)22-21-14(3)4/h12H,6-11,13H2,1-5H3,(H,22,24). The van der Waals surface area contributed by atoms with E-state index in [0.717, 1.165) is 56.0 Å². The van der Waals surface area contributed by atoms with Crippen molar-refractivity contribution in [3.63, 3.8) is 0 Å². The summed E-state index contributed by atoms with van der Waals surface area (Å²) in [6.07, 6.45) is 4.61. The monoisotopic (exact) mass is 365 g/mol. The van der Waals surface area contributed by atoms with E-state index in [1.807, 2.05) is 26.8 Å². The lowest BCUT2D eigenvalue weighted by Gasteiger charge is -2.24. The van der Waals surface area contributed by atoms with E-state index < -0.39 is 0 Å². The molecule has 0 aliphatic rings. The number of amides is 1. The SMILES string of the molecule is CCCCN(CCCC)c1cc(C)nc(SCC(=O)NN=C(C)C)n1. The predicted molar refractivity (Wildman–Crippen MR) is 106 cm³/mol. The van der Waals surface area contributed by atoms with Gasteiger partial charge in [-0.2, -0.15) is 5.10 Å². The molecule has 0 bridgehead atoms. The number of aromatic nitrogens is 2. The zero-order valence-electron chi connectivity index (χ0n) is 16.1. The fraction of sp³-hybridized carbons (Fsp3) is 0.667. The third kappa shape index (κ3) is 8.86. The molecule has 0 spiro atoms. The number of anilines is 1. The second-order valence-electron chi connectivity index (χ2n) is 6.23. The van der Waals surface area contributed by atoms with Crippen molar-refractivity contribution < 1.29 is 4.79 Å². The van der Waals surface area contributed by atoms with Crippen LogP contribution in [-0.4, -0.2) is 40.4 Å². The maximum absolute atomic E-state index is 11.8. The van der Waals surface area contributed by atoms with Gasteiger partial charge in [-0.1, -0.05) is 38.5 Å². The lowest BCUT2D eigenvalue weighted by molar-refractivity contribution is -0.118. The molecule has 1 aromatic heterocycles. The molecular formula is C18H31N5OS. The van der Waals surface area contributed by atoms with Crippen LogP contribution in [0.15, 0.2) is 16.3 Å². The molecule has 0 saturated heterocycles. The summed E-state index contributed by atoms with van der Waals surface area (Å²) in [6.45, 7) is 12.0. The minimum Gasteiger partial charge on any atom is -0.356 e. The minimum absolute atomic E-state index is 0.147. The second-order valence-corrected chi connectivity index (χ2v) is 7.17. The summed E-state index contributed by atoms with van der Waals surface area (Å²) in [5.41, 5.74) is 4.26. The highest BCUT2D eigenvalue weighted by molar-refractivity contribution is 7.99. The number of hydrazone groups is 1. The molecular weight excluding hydrogens is 334 g/mol. The molecule has 1 aromatic rings. The Morgan fingerprint density at radius 3 is 2.40 bits per heavy atom. The van der Waals surface area contributed by atoms with Gasteiger partial charge in [-0.05, 0) is 33.6 Å². The van der Waals surface area contributed by atoms with Crippen LogP contribution in [0.25, 0.3) is 0 Å². The molecule has 0 radical (unpaired) electrons. The number of hydrogen-bond donors (Lipinski definition) is 1. The van der Waals surface area contributed by atoms with Crippen LogP contribution in [0.4, 0.5) is 5.82 Å². The highest BCUT2D eigenvalue weighted by Gasteiger charge is 2.12. The van der Waals surface area contributed by atoms with E-state index in [1.54, 1.807) is 0 Å². The number of nitrogens with one attached hydrogen (secondary N) is 1. The predicted octanol–water partition coefficient (Wildman–Crippen LogP) is 3.80. The van der Waals surface area contributed by atoms with Gasteiger partial charge in [0, 0.05) is 30.6 Å². The summed E-state index contributed by atoms with van der Waals surface area (Å²) in [5, 5.41) is 4.56. The van der Waals surface area contributed by atoms with Crippen molar-refractivity contribution in [3.8, 4) is 0 Å². The van der Waals surface area contributed by atoms with E-state index in [4.69, 9.17) is 0 Å². The van der Waals surface area contributed by atoms with Gasteiger partial charge < -0.3 is 4.90 Å². The van der Waals surface area contributed by atoms with Crippen molar-refractivity contribution in [2.24, 2.45) is 5.10 Å². The lowest BCUT2D eigenvalue weighted by Crippen LogP contribution is -2.27. The first-order valence-electron chi connectivity index (χ1n) is 8.99. The Balaban J connectivity index is 2.78. The van der Waals surface area contributed by atoms with Gasteiger partial charge in [0.2, 0.25) is 0 Å². The molecule has 0 unspecified atom stereocenters. The summed E-state index contributed by atoms with van der Waals surface area (Å²) in [4.78, 5) is 23.3. The summed E-state index contributed by atoms with van der Waals surface area (Å²) < 4.78 is 0. The van der Waals surface area contributed by atoms with E-state index >= 15 is 0 Å². The zero-order valence-corrected chi connectivity index (χ0v) is 16.9. The van der Waals surface area contributed by atoms with Crippen LogP contribution < -0.4 is 10.3 Å². The highest BCUT2D eigenvalue weighted by atomic mass is 32.2. The van der Waals surface area contributed by atoms with E-state index in [-0.39, 0.29) is 11.7 Å². The minimum atomic E-state index is -0.147. The van der Waals surface area contributed by atoms with Gasteiger partial charge in [-0.3, -0.25) is 4.79 Å². The average molecular weight is 366 g/mol. The Labute approximate surface area is 155 Å². The van der Waals surface area contributed by atoms with Gasteiger partial charge in [0.15, 0.2) is 5.16 Å². The fourth-order valence-corrected chi connectivity index (χ4v) is 2.82. The van der Waals surface area contributed by atoms with Crippen molar-refractivity contribution in [2.75, 3.05) is 23.7 Å². The van der Waals surface area contributed by atoms with Crippen LogP contribution in [0.2, 0.25) is 0 Å². The largest absolute Gasteiger partial charge is 0.356 e. The number of aryl methyl sites for hydroxylation is 1. The molecule has 1 N–H and O–H groups in total. The van der Waals surface area contributed by atoms with Gasteiger partial charge >= 0.3 is 0 Å². The molecule has 0 aliphatic carbocycles. The van der Waals surface area contributed by atoms with E-state index in [0.29, 0.717) is 5.16 Å². The molecule has 0 aromatic carbocycles. The Hall–Kier alpha value is -1.63. The Morgan fingerprint density at radius 2 is 1.84 bits per heavy atom. The van der Waals surface area contributed by atoms with Crippen LogP contribution in [0, 0.1) is 6.92 Å². The molecule has 0 atom stereocenters. The number of unbranched alkanes of at least 4 members (excludes halogenated alkanes) is 2. The second kappa shape index (κ2) is 11.8. The average Bonchev–Trinajstić information content (AvgIpc) is 2.57. The van der Waals surface area contributed by atoms with Gasteiger partial charge in [0.25, 0.3) is 5.91 Å². The van der Waals surface area contributed by atoms with Crippen LogP contribution in [0.1, 0.15) is 59.1 Å². The smallest absolute Gasteiger partial charge is 0.250 e.